The lowest BCUT2D eigenvalue weighted by molar-refractivity contribution is -0.155. The summed E-state index contributed by atoms with van der Waals surface area (Å²) in [4.78, 5) is 26.5. The molecule has 0 spiro atoms. The van der Waals surface area contributed by atoms with Gasteiger partial charge >= 0.3 is 5.97 Å². The molecule has 5 heteroatoms. The van der Waals surface area contributed by atoms with Crippen LogP contribution in [0.2, 0.25) is 0 Å². The van der Waals surface area contributed by atoms with Gasteiger partial charge in [-0.05, 0) is 44.9 Å². The Bertz CT molecular complexity index is 773. The Kier molecular flexibility index (Phi) is 7.41. The zero-order chi connectivity index (χ0) is 19.8. The maximum atomic E-state index is 12.8. The number of nitrogens with zero attached hydrogens (tertiary/aromatic N) is 1. The Morgan fingerprint density at radius 1 is 1.07 bits per heavy atom. The SMILES string of the molecule is CCOC(=O)C(C)N(Cc1ccccc1)C(=O)COc1ccc(C)cc1C. The highest BCUT2D eigenvalue weighted by molar-refractivity contribution is 5.85. The van der Waals surface area contributed by atoms with Crippen LogP contribution in [0.4, 0.5) is 0 Å². The van der Waals surface area contributed by atoms with Crippen molar-refractivity contribution in [3.8, 4) is 5.75 Å². The van der Waals surface area contributed by atoms with E-state index in [1.165, 1.54) is 4.90 Å². The van der Waals surface area contributed by atoms with Crippen LogP contribution in [0.25, 0.3) is 0 Å². The second-order valence-electron chi connectivity index (χ2n) is 6.49. The van der Waals surface area contributed by atoms with Crippen molar-refractivity contribution in [3.63, 3.8) is 0 Å². The Balaban J connectivity index is 2.13. The van der Waals surface area contributed by atoms with E-state index in [1.54, 1.807) is 13.8 Å². The van der Waals surface area contributed by atoms with Crippen molar-refractivity contribution in [2.75, 3.05) is 13.2 Å². The first-order chi connectivity index (χ1) is 12.9. The molecule has 0 bridgehead atoms. The van der Waals surface area contributed by atoms with E-state index in [-0.39, 0.29) is 19.1 Å². The predicted molar refractivity (Wildman–Crippen MR) is 104 cm³/mol. The summed E-state index contributed by atoms with van der Waals surface area (Å²) in [6, 6.07) is 14.7. The van der Waals surface area contributed by atoms with Gasteiger partial charge in [-0.1, -0.05) is 48.0 Å². The monoisotopic (exact) mass is 369 g/mol. The van der Waals surface area contributed by atoms with E-state index >= 15 is 0 Å². The summed E-state index contributed by atoms with van der Waals surface area (Å²) in [6.45, 7) is 7.82. The maximum Gasteiger partial charge on any atom is 0.328 e. The average Bonchev–Trinajstić information content (AvgIpc) is 2.65. The van der Waals surface area contributed by atoms with Crippen LogP contribution < -0.4 is 4.74 Å². The fourth-order valence-electron chi connectivity index (χ4n) is 2.79. The number of aryl methyl sites for hydroxylation is 2. The Hall–Kier alpha value is -2.82. The van der Waals surface area contributed by atoms with E-state index in [0.717, 1.165) is 16.7 Å². The number of carbonyl (C=O) groups is 2. The summed E-state index contributed by atoms with van der Waals surface area (Å²) in [5.41, 5.74) is 3.04. The highest BCUT2D eigenvalue weighted by Crippen LogP contribution is 2.19. The van der Waals surface area contributed by atoms with Crippen molar-refractivity contribution in [1.82, 2.24) is 4.90 Å². The van der Waals surface area contributed by atoms with Crippen molar-refractivity contribution in [2.24, 2.45) is 0 Å². The molecule has 0 aliphatic rings. The molecule has 0 aromatic heterocycles. The zero-order valence-corrected chi connectivity index (χ0v) is 16.4. The lowest BCUT2D eigenvalue weighted by Gasteiger charge is -2.28. The average molecular weight is 369 g/mol. The molecule has 2 rings (SSSR count). The van der Waals surface area contributed by atoms with Crippen molar-refractivity contribution in [1.29, 1.82) is 0 Å². The molecule has 0 saturated heterocycles. The molecule has 2 aromatic rings. The molecule has 0 aliphatic carbocycles. The van der Waals surface area contributed by atoms with Crippen molar-refractivity contribution in [2.45, 2.75) is 40.3 Å². The fourth-order valence-corrected chi connectivity index (χ4v) is 2.79. The standard InChI is InChI=1S/C22H27NO4/c1-5-26-22(25)18(4)23(14-19-9-7-6-8-10-19)21(24)15-27-20-12-11-16(2)13-17(20)3/h6-13,18H,5,14-15H2,1-4H3. The lowest BCUT2D eigenvalue weighted by atomic mass is 10.1. The van der Waals surface area contributed by atoms with Gasteiger partial charge in [0.15, 0.2) is 6.61 Å². The number of benzene rings is 2. The summed E-state index contributed by atoms with van der Waals surface area (Å²) in [5.74, 6) is -0.0231. The van der Waals surface area contributed by atoms with Gasteiger partial charge in [0.05, 0.1) is 6.61 Å². The molecule has 27 heavy (non-hydrogen) atoms. The minimum Gasteiger partial charge on any atom is -0.483 e. The normalized spacial score (nSPS) is 11.6. The molecule has 2 aromatic carbocycles. The minimum absolute atomic E-state index is 0.138. The topological polar surface area (TPSA) is 55.8 Å². The number of ether oxygens (including phenoxy) is 2. The summed E-state index contributed by atoms with van der Waals surface area (Å²) < 4.78 is 10.8. The second-order valence-corrected chi connectivity index (χ2v) is 6.49. The van der Waals surface area contributed by atoms with Crippen molar-refractivity contribution < 1.29 is 19.1 Å². The molecule has 1 amide bonds. The molecule has 0 saturated carbocycles. The van der Waals surface area contributed by atoms with Crippen LogP contribution in [0, 0.1) is 13.8 Å². The fraction of sp³-hybridized carbons (Fsp3) is 0.364. The van der Waals surface area contributed by atoms with E-state index in [1.807, 2.05) is 62.4 Å². The van der Waals surface area contributed by atoms with Crippen molar-refractivity contribution >= 4 is 11.9 Å². The molecule has 144 valence electrons. The lowest BCUT2D eigenvalue weighted by Crippen LogP contribution is -2.45. The summed E-state index contributed by atoms with van der Waals surface area (Å²) >= 11 is 0. The van der Waals surface area contributed by atoms with E-state index in [9.17, 15) is 9.59 Å². The molecule has 0 N–H and O–H groups in total. The molecule has 0 radical (unpaired) electrons. The van der Waals surface area contributed by atoms with Crippen LogP contribution in [-0.4, -0.2) is 36.0 Å². The van der Waals surface area contributed by atoms with Crippen LogP contribution in [-0.2, 0) is 20.9 Å². The van der Waals surface area contributed by atoms with Gasteiger partial charge < -0.3 is 14.4 Å². The molecule has 1 unspecified atom stereocenters. The van der Waals surface area contributed by atoms with E-state index in [2.05, 4.69) is 0 Å². The summed E-state index contributed by atoms with van der Waals surface area (Å²) in [5, 5.41) is 0. The van der Waals surface area contributed by atoms with Gasteiger partial charge in [-0.25, -0.2) is 4.79 Å². The third-order valence-corrected chi connectivity index (χ3v) is 4.29. The third-order valence-electron chi connectivity index (χ3n) is 4.29. The minimum atomic E-state index is -0.694. The van der Waals surface area contributed by atoms with E-state index in [4.69, 9.17) is 9.47 Å². The predicted octanol–water partition coefficient (Wildman–Crippen LogP) is 3.66. The highest BCUT2D eigenvalue weighted by Gasteiger charge is 2.27. The number of esters is 1. The van der Waals surface area contributed by atoms with Crippen molar-refractivity contribution in [3.05, 3.63) is 65.2 Å². The molecule has 5 nitrogen and oxygen atoms in total. The molecule has 1 atom stereocenters. The molecule has 0 fully saturated rings. The quantitative estimate of drug-likeness (QED) is 0.667. The van der Waals surface area contributed by atoms with Gasteiger partial charge in [-0.15, -0.1) is 0 Å². The highest BCUT2D eigenvalue weighted by atomic mass is 16.5. The summed E-state index contributed by atoms with van der Waals surface area (Å²) in [7, 11) is 0. The Morgan fingerprint density at radius 2 is 1.78 bits per heavy atom. The second kappa shape index (κ2) is 9.76. The molecular weight excluding hydrogens is 342 g/mol. The third kappa shape index (κ3) is 5.84. The van der Waals surface area contributed by atoms with Gasteiger partial charge in [-0.2, -0.15) is 0 Å². The largest absolute Gasteiger partial charge is 0.483 e. The number of carbonyl (C=O) groups excluding carboxylic acids is 2. The molecule has 0 heterocycles. The molecule has 0 aliphatic heterocycles. The first-order valence-corrected chi connectivity index (χ1v) is 9.12. The molecular formula is C22H27NO4. The van der Waals surface area contributed by atoms with Crippen LogP contribution >= 0.6 is 0 Å². The number of rotatable bonds is 8. The number of hydrogen-bond donors (Lipinski definition) is 0. The smallest absolute Gasteiger partial charge is 0.328 e. The zero-order valence-electron chi connectivity index (χ0n) is 16.4. The van der Waals surface area contributed by atoms with Crippen LogP contribution in [0.1, 0.15) is 30.5 Å². The van der Waals surface area contributed by atoms with E-state index < -0.39 is 12.0 Å². The van der Waals surface area contributed by atoms with Gasteiger partial charge in [-0.3, -0.25) is 4.79 Å². The van der Waals surface area contributed by atoms with Gasteiger partial charge in [0.25, 0.3) is 5.91 Å². The number of hydrogen-bond acceptors (Lipinski definition) is 4. The van der Waals surface area contributed by atoms with Gasteiger partial charge in [0.1, 0.15) is 11.8 Å². The Morgan fingerprint density at radius 3 is 2.41 bits per heavy atom. The summed E-state index contributed by atoms with van der Waals surface area (Å²) in [6.07, 6.45) is 0. The maximum absolute atomic E-state index is 12.8. The van der Waals surface area contributed by atoms with Crippen LogP contribution in [0.3, 0.4) is 0 Å². The van der Waals surface area contributed by atoms with Gasteiger partial charge in [0.2, 0.25) is 0 Å². The van der Waals surface area contributed by atoms with Gasteiger partial charge in [0, 0.05) is 6.54 Å². The van der Waals surface area contributed by atoms with Crippen LogP contribution in [0.15, 0.2) is 48.5 Å². The first-order valence-electron chi connectivity index (χ1n) is 9.12. The van der Waals surface area contributed by atoms with Crippen LogP contribution in [0.5, 0.6) is 5.75 Å². The Labute approximate surface area is 160 Å². The van der Waals surface area contributed by atoms with E-state index in [0.29, 0.717) is 12.3 Å². The first kappa shape index (κ1) is 20.5. The number of amides is 1.